The van der Waals surface area contributed by atoms with Crippen LogP contribution in [0.15, 0.2) is 42.5 Å². The van der Waals surface area contributed by atoms with E-state index in [1.165, 1.54) is 0 Å². The topological polar surface area (TPSA) is 36.9 Å². The molecule has 0 aliphatic rings. The molecule has 0 fully saturated rings. The number of rotatable bonds is 9. The minimum atomic E-state index is -2.95. The molecule has 0 aliphatic carbocycles. The Balaban J connectivity index is 2.48. The van der Waals surface area contributed by atoms with Gasteiger partial charge in [0.25, 0.3) is 0 Å². The SMILES string of the molecule is CCO[Si](OCC)(OCCOC)c1cccc2ccccc12. The maximum absolute atomic E-state index is 6.11. The van der Waals surface area contributed by atoms with Crippen molar-refractivity contribution in [3.05, 3.63) is 42.5 Å². The fourth-order valence-electron chi connectivity index (χ4n) is 2.49. The summed E-state index contributed by atoms with van der Waals surface area (Å²) in [7, 11) is -1.29. The summed E-state index contributed by atoms with van der Waals surface area (Å²) in [5, 5.41) is 3.30. The number of hydrogen-bond acceptors (Lipinski definition) is 4. The maximum Gasteiger partial charge on any atom is 0.537 e. The van der Waals surface area contributed by atoms with Crippen LogP contribution in [-0.2, 0) is 18.0 Å². The Labute approximate surface area is 133 Å². The van der Waals surface area contributed by atoms with Crippen molar-refractivity contribution in [2.45, 2.75) is 13.8 Å². The number of fused-ring (bicyclic) bond motifs is 1. The summed E-state index contributed by atoms with van der Waals surface area (Å²) < 4.78 is 23.3. The fourth-order valence-corrected chi connectivity index (χ4v) is 5.18. The molecule has 0 heterocycles. The summed E-state index contributed by atoms with van der Waals surface area (Å²) in [6.45, 7) is 5.98. The van der Waals surface area contributed by atoms with E-state index in [1.54, 1.807) is 7.11 Å². The lowest BCUT2D eigenvalue weighted by molar-refractivity contribution is 0.0566. The Hall–Kier alpha value is -1.24. The summed E-state index contributed by atoms with van der Waals surface area (Å²) in [4.78, 5) is 0. The maximum atomic E-state index is 6.11. The molecule has 0 bridgehead atoms. The van der Waals surface area contributed by atoms with Gasteiger partial charge in [-0.1, -0.05) is 42.5 Å². The van der Waals surface area contributed by atoms with Gasteiger partial charge in [0.15, 0.2) is 0 Å². The van der Waals surface area contributed by atoms with Crippen LogP contribution < -0.4 is 5.19 Å². The van der Waals surface area contributed by atoms with E-state index in [0.29, 0.717) is 26.4 Å². The second-order valence-electron chi connectivity index (χ2n) is 4.79. The zero-order valence-electron chi connectivity index (χ0n) is 13.5. The van der Waals surface area contributed by atoms with Crippen molar-refractivity contribution < 1.29 is 18.0 Å². The molecule has 0 spiro atoms. The van der Waals surface area contributed by atoms with Gasteiger partial charge in [-0.25, -0.2) is 0 Å². The minimum Gasteiger partial charge on any atom is -0.382 e. The Kier molecular flexibility index (Phi) is 6.54. The van der Waals surface area contributed by atoms with Crippen LogP contribution in [0.5, 0.6) is 0 Å². The first-order valence-electron chi connectivity index (χ1n) is 7.66. The molecular formula is C17H24O4Si. The first-order chi connectivity index (χ1) is 10.8. The van der Waals surface area contributed by atoms with Crippen LogP contribution in [0.1, 0.15) is 13.8 Å². The van der Waals surface area contributed by atoms with E-state index < -0.39 is 8.80 Å². The normalized spacial score (nSPS) is 12.0. The van der Waals surface area contributed by atoms with Gasteiger partial charge in [0.2, 0.25) is 0 Å². The van der Waals surface area contributed by atoms with E-state index in [1.807, 2.05) is 38.1 Å². The molecule has 0 radical (unpaired) electrons. The predicted octanol–water partition coefficient (Wildman–Crippen LogP) is 2.72. The molecule has 0 aliphatic heterocycles. The van der Waals surface area contributed by atoms with Gasteiger partial charge in [-0.05, 0) is 24.6 Å². The van der Waals surface area contributed by atoms with E-state index in [4.69, 9.17) is 18.0 Å². The average molecular weight is 320 g/mol. The smallest absolute Gasteiger partial charge is 0.382 e. The first-order valence-corrected chi connectivity index (χ1v) is 9.39. The van der Waals surface area contributed by atoms with E-state index in [2.05, 4.69) is 18.2 Å². The van der Waals surface area contributed by atoms with Gasteiger partial charge >= 0.3 is 8.80 Å². The van der Waals surface area contributed by atoms with Crippen LogP contribution in [0.2, 0.25) is 0 Å². The molecular weight excluding hydrogens is 296 g/mol. The number of ether oxygens (including phenoxy) is 1. The predicted molar refractivity (Wildman–Crippen MR) is 90.4 cm³/mol. The monoisotopic (exact) mass is 320 g/mol. The molecule has 0 atom stereocenters. The summed E-state index contributed by atoms with van der Waals surface area (Å²) in [6, 6.07) is 14.4. The van der Waals surface area contributed by atoms with E-state index in [0.717, 1.165) is 16.0 Å². The molecule has 2 aromatic carbocycles. The summed E-state index contributed by atoms with van der Waals surface area (Å²) in [5.41, 5.74) is 0. The lowest BCUT2D eigenvalue weighted by Crippen LogP contribution is -2.57. The third kappa shape index (κ3) is 3.74. The molecule has 120 valence electrons. The number of methoxy groups -OCH3 is 1. The largest absolute Gasteiger partial charge is 0.537 e. The quantitative estimate of drug-likeness (QED) is 0.526. The lowest BCUT2D eigenvalue weighted by Gasteiger charge is -2.30. The lowest BCUT2D eigenvalue weighted by atomic mass is 10.1. The highest BCUT2D eigenvalue weighted by atomic mass is 28.4. The second-order valence-corrected chi connectivity index (χ2v) is 7.31. The van der Waals surface area contributed by atoms with E-state index >= 15 is 0 Å². The van der Waals surface area contributed by atoms with Crippen molar-refractivity contribution in [2.24, 2.45) is 0 Å². The molecule has 0 aromatic heterocycles. The Bertz CT molecular complexity index is 576. The van der Waals surface area contributed by atoms with Crippen molar-refractivity contribution in [3.8, 4) is 0 Å². The average Bonchev–Trinajstić information content (AvgIpc) is 2.55. The van der Waals surface area contributed by atoms with Crippen LogP contribution in [0.4, 0.5) is 0 Å². The van der Waals surface area contributed by atoms with Gasteiger partial charge in [-0.15, -0.1) is 0 Å². The third-order valence-electron chi connectivity index (χ3n) is 3.37. The molecule has 0 saturated heterocycles. The van der Waals surface area contributed by atoms with Crippen LogP contribution in [0.25, 0.3) is 10.8 Å². The molecule has 0 N–H and O–H groups in total. The second kappa shape index (κ2) is 8.41. The highest BCUT2D eigenvalue weighted by Crippen LogP contribution is 2.18. The Morgan fingerprint density at radius 1 is 0.818 bits per heavy atom. The molecule has 0 saturated carbocycles. The van der Waals surface area contributed by atoms with Crippen LogP contribution >= 0.6 is 0 Å². The van der Waals surface area contributed by atoms with Crippen LogP contribution in [-0.4, -0.2) is 42.3 Å². The number of benzene rings is 2. The van der Waals surface area contributed by atoms with Gasteiger partial charge < -0.3 is 18.0 Å². The summed E-state index contributed by atoms with van der Waals surface area (Å²) >= 11 is 0. The van der Waals surface area contributed by atoms with Gasteiger partial charge in [-0.3, -0.25) is 0 Å². The highest BCUT2D eigenvalue weighted by Gasteiger charge is 2.44. The first kappa shape index (κ1) is 17.1. The van der Waals surface area contributed by atoms with Gasteiger partial charge in [0.05, 0.1) is 13.2 Å². The van der Waals surface area contributed by atoms with Crippen molar-refractivity contribution >= 4 is 24.8 Å². The Morgan fingerprint density at radius 2 is 1.50 bits per heavy atom. The zero-order chi connectivity index (χ0) is 15.8. The zero-order valence-corrected chi connectivity index (χ0v) is 14.5. The van der Waals surface area contributed by atoms with E-state index in [9.17, 15) is 0 Å². The summed E-state index contributed by atoms with van der Waals surface area (Å²) in [5.74, 6) is 0. The standard InChI is InChI=1S/C17H24O4Si/c1-4-19-22(20-5-2,21-14-13-18-3)17-12-8-10-15-9-6-7-11-16(15)17/h6-12H,4-5,13-14H2,1-3H3. The van der Waals surface area contributed by atoms with Crippen molar-refractivity contribution in [1.82, 2.24) is 0 Å². The number of hydrogen-bond donors (Lipinski definition) is 0. The van der Waals surface area contributed by atoms with Crippen molar-refractivity contribution in [2.75, 3.05) is 33.5 Å². The van der Waals surface area contributed by atoms with E-state index in [-0.39, 0.29) is 0 Å². The van der Waals surface area contributed by atoms with Crippen molar-refractivity contribution in [1.29, 1.82) is 0 Å². The fraction of sp³-hybridized carbons (Fsp3) is 0.412. The minimum absolute atomic E-state index is 0.450. The van der Waals surface area contributed by atoms with Crippen molar-refractivity contribution in [3.63, 3.8) is 0 Å². The third-order valence-corrected chi connectivity index (χ3v) is 6.39. The van der Waals surface area contributed by atoms with Gasteiger partial charge in [0, 0.05) is 25.5 Å². The summed E-state index contributed by atoms with van der Waals surface area (Å²) in [6.07, 6.45) is 0. The molecule has 0 unspecified atom stereocenters. The molecule has 2 aromatic rings. The van der Waals surface area contributed by atoms with Crippen LogP contribution in [0.3, 0.4) is 0 Å². The molecule has 5 heteroatoms. The van der Waals surface area contributed by atoms with Gasteiger partial charge in [0.1, 0.15) is 0 Å². The van der Waals surface area contributed by atoms with Gasteiger partial charge in [-0.2, -0.15) is 0 Å². The molecule has 22 heavy (non-hydrogen) atoms. The molecule has 4 nitrogen and oxygen atoms in total. The Morgan fingerprint density at radius 3 is 2.18 bits per heavy atom. The van der Waals surface area contributed by atoms with Crippen LogP contribution in [0, 0.1) is 0 Å². The highest BCUT2D eigenvalue weighted by molar-refractivity contribution is 6.77. The molecule has 2 rings (SSSR count). The molecule has 0 amide bonds.